The maximum Gasteiger partial charge on any atom is 0.160 e. The normalized spacial score (nSPS) is 14.4. The Hall–Kier alpha value is -4.59. The molecule has 0 amide bonds. The number of aromatic amines is 2. The number of fused-ring (bicyclic) bond motifs is 2. The molecule has 0 saturated heterocycles. The molecule has 2 N–H and O–H groups in total. The quantitative estimate of drug-likeness (QED) is 0.294. The Morgan fingerprint density at radius 2 is 1.70 bits per heavy atom. The summed E-state index contributed by atoms with van der Waals surface area (Å²) >= 11 is 0. The topological polar surface area (TPSA) is 105 Å². The van der Waals surface area contributed by atoms with Crippen molar-refractivity contribution in [3.8, 4) is 39.5 Å². The van der Waals surface area contributed by atoms with Gasteiger partial charge in [-0.25, -0.2) is 9.97 Å². The lowest BCUT2D eigenvalue weighted by molar-refractivity contribution is 0.154. The van der Waals surface area contributed by atoms with Crippen molar-refractivity contribution in [1.29, 1.82) is 0 Å². The average Bonchev–Trinajstić information content (AvgIpc) is 3.58. The molecule has 1 fully saturated rings. The van der Waals surface area contributed by atoms with Crippen LogP contribution >= 0.6 is 0 Å². The highest BCUT2D eigenvalue weighted by atomic mass is 16.5. The van der Waals surface area contributed by atoms with E-state index in [9.17, 15) is 0 Å². The lowest BCUT2D eigenvalue weighted by Crippen LogP contribution is -2.19. The molecule has 0 radical (unpaired) electrons. The van der Waals surface area contributed by atoms with Gasteiger partial charge in [0, 0.05) is 41.3 Å². The van der Waals surface area contributed by atoms with Crippen LogP contribution in [0.4, 0.5) is 0 Å². The third kappa shape index (κ3) is 4.10. The Morgan fingerprint density at radius 3 is 2.59 bits per heavy atom. The fraction of sp³-hybridized carbons (Fsp3) is 0.207. The molecule has 1 aromatic carbocycles. The van der Waals surface area contributed by atoms with E-state index in [-0.39, 0.29) is 6.10 Å². The molecule has 0 spiro atoms. The van der Waals surface area contributed by atoms with Gasteiger partial charge in [-0.3, -0.25) is 15.1 Å². The Labute approximate surface area is 213 Å². The van der Waals surface area contributed by atoms with E-state index >= 15 is 0 Å². The highest BCUT2D eigenvalue weighted by Gasteiger charge is 2.18. The Morgan fingerprint density at radius 1 is 0.811 bits per heavy atom. The highest BCUT2D eigenvalue weighted by molar-refractivity contribution is 5.97. The first-order valence-electron chi connectivity index (χ1n) is 12.7. The summed E-state index contributed by atoms with van der Waals surface area (Å²) in [6.45, 7) is 0. The molecule has 7 rings (SSSR count). The number of pyridine rings is 3. The minimum Gasteiger partial charge on any atom is -0.489 e. The number of imidazole rings is 1. The summed E-state index contributed by atoms with van der Waals surface area (Å²) in [5, 5.41) is 8.71. The lowest BCUT2D eigenvalue weighted by Gasteiger charge is -2.23. The van der Waals surface area contributed by atoms with Crippen LogP contribution in [0.25, 0.3) is 55.8 Å². The standard InChI is InChI=1S/C29H25N7O/c1-2-4-21(5-3-1)37-22-14-20(16-31-17-22)19-6-7-25-24(15-19)27(36-35-25)29-33-26-23(10-13-32-28(26)34-29)18-8-11-30-12-9-18/h6-17,21H,1-5H2,(H,35,36)(H,32,33,34). The number of benzene rings is 1. The molecule has 8 heteroatoms. The van der Waals surface area contributed by atoms with E-state index in [1.54, 1.807) is 18.6 Å². The molecule has 1 saturated carbocycles. The Balaban J connectivity index is 1.26. The molecule has 5 aromatic heterocycles. The summed E-state index contributed by atoms with van der Waals surface area (Å²) < 4.78 is 6.26. The van der Waals surface area contributed by atoms with Crippen LogP contribution in [0.3, 0.4) is 0 Å². The molecule has 182 valence electrons. The van der Waals surface area contributed by atoms with Crippen molar-refractivity contribution in [3.63, 3.8) is 0 Å². The summed E-state index contributed by atoms with van der Waals surface area (Å²) in [5.74, 6) is 1.49. The Kier molecular flexibility index (Phi) is 5.35. The van der Waals surface area contributed by atoms with Gasteiger partial charge in [0.05, 0.1) is 17.8 Å². The number of hydrogen-bond acceptors (Lipinski definition) is 6. The molecular weight excluding hydrogens is 462 g/mol. The zero-order chi connectivity index (χ0) is 24.6. The van der Waals surface area contributed by atoms with E-state index in [4.69, 9.17) is 9.72 Å². The maximum atomic E-state index is 6.26. The van der Waals surface area contributed by atoms with E-state index in [0.29, 0.717) is 11.5 Å². The summed E-state index contributed by atoms with van der Waals surface area (Å²) in [7, 11) is 0. The first-order chi connectivity index (χ1) is 18.3. The SMILES string of the molecule is c1cc(-c2ccnc3[nH]c(-c4n[nH]c5ccc(-c6cncc(OC7CCCCC7)c6)cc45)nc23)ccn1. The third-order valence-electron chi connectivity index (χ3n) is 7.06. The van der Waals surface area contributed by atoms with E-state index in [0.717, 1.165) is 63.0 Å². The zero-order valence-electron chi connectivity index (χ0n) is 20.2. The van der Waals surface area contributed by atoms with E-state index in [2.05, 4.69) is 48.3 Å². The predicted molar refractivity (Wildman–Crippen MR) is 143 cm³/mol. The van der Waals surface area contributed by atoms with Crippen LogP contribution in [0.2, 0.25) is 0 Å². The molecule has 0 unspecified atom stereocenters. The summed E-state index contributed by atoms with van der Waals surface area (Å²) in [5.41, 5.74) is 7.29. The molecule has 1 aliphatic rings. The number of rotatable bonds is 5. The smallest absolute Gasteiger partial charge is 0.160 e. The fourth-order valence-corrected chi connectivity index (χ4v) is 5.18. The molecule has 6 aromatic rings. The van der Waals surface area contributed by atoms with Crippen LogP contribution in [0.1, 0.15) is 32.1 Å². The second-order valence-electron chi connectivity index (χ2n) is 9.50. The van der Waals surface area contributed by atoms with Crippen LogP contribution in [0, 0.1) is 0 Å². The van der Waals surface area contributed by atoms with Gasteiger partial charge in [-0.2, -0.15) is 5.10 Å². The van der Waals surface area contributed by atoms with Gasteiger partial charge in [0.15, 0.2) is 11.5 Å². The van der Waals surface area contributed by atoms with Crippen molar-refractivity contribution in [3.05, 3.63) is 73.4 Å². The van der Waals surface area contributed by atoms with Crippen LogP contribution in [0.15, 0.2) is 73.4 Å². The number of nitrogens with zero attached hydrogens (tertiary/aromatic N) is 5. The summed E-state index contributed by atoms with van der Waals surface area (Å²) in [6, 6.07) is 14.2. The van der Waals surface area contributed by atoms with Crippen LogP contribution < -0.4 is 4.74 Å². The monoisotopic (exact) mass is 487 g/mol. The molecular formula is C29H25N7O. The zero-order valence-corrected chi connectivity index (χ0v) is 20.2. The molecule has 8 nitrogen and oxygen atoms in total. The van der Waals surface area contributed by atoms with Gasteiger partial charge in [0.2, 0.25) is 0 Å². The maximum absolute atomic E-state index is 6.26. The van der Waals surface area contributed by atoms with Crippen molar-refractivity contribution in [2.75, 3.05) is 0 Å². The number of hydrogen-bond donors (Lipinski definition) is 2. The molecule has 0 bridgehead atoms. The van der Waals surface area contributed by atoms with Gasteiger partial charge in [0.1, 0.15) is 17.0 Å². The van der Waals surface area contributed by atoms with Gasteiger partial charge in [0.25, 0.3) is 0 Å². The summed E-state index contributed by atoms with van der Waals surface area (Å²) in [6.07, 6.45) is 15.3. The number of ether oxygens (including phenoxy) is 1. The first kappa shape index (κ1) is 21.7. The highest BCUT2D eigenvalue weighted by Crippen LogP contribution is 2.33. The third-order valence-corrected chi connectivity index (χ3v) is 7.06. The molecule has 0 aliphatic heterocycles. The first-order valence-corrected chi connectivity index (χ1v) is 12.7. The predicted octanol–water partition coefficient (Wildman–Crippen LogP) is 6.34. The van der Waals surface area contributed by atoms with Crippen molar-refractivity contribution in [1.82, 2.24) is 35.1 Å². The Bertz CT molecular complexity index is 1700. The van der Waals surface area contributed by atoms with Crippen molar-refractivity contribution < 1.29 is 4.74 Å². The van der Waals surface area contributed by atoms with E-state index < -0.39 is 0 Å². The van der Waals surface area contributed by atoms with Crippen LogP contribution in [0.5, 0.6) is 5.75 Å². The minimum atomic E-state index is 0.285. The largest absolute Gasteiger partial charge is 0.489 e. The molecule has 37 heavy (non-hydrogen) atoms. The van der Waals surface area contributed by atoms with Crippen LogP contribution in [-0.2, 0) is 0 Å². The van der Waals surface area contributed by atoms with Gasteiger partial charge in [-0.1, -0.05) is 12.5 Å². The van der Waals surface area contributed by atoms with Crippen molar-refractivity contribution in [2.45, 2.75) is 38.2 Å². The number of H-pyrrole nitrogens is 2. The molecule has 5 heterocycles. The molecule has 1 aliphatic carbocycles. The second kappa shape index (κ2) is 9.13. The lowest BCUT2D eigenvalue weighted by atomic mass is 9.98. The van der Waals surface area contributed by atoms with Gasteiger partial charge < -0.3 is 9.72 Å². The average molecular weight is 488 g/mol. The summed E-state index contributed by atoms with van der Waals surface area (Å²) in [4.78, 5) is 21.4. The van der Waals surface area contributed by atoms with Crippen LogP contribution in [-0.4, -0.2) is 41.2 Å². The van der Waals surface area contributed by atoms with Crippen molar-refractivity contribution >= 4 is 22.1 Å². The van der Waals surface area contributed by atoms with E-state index in [1.807, 2.05) is 36.7 Å². The van der Waals surface area contributed by atoms with Gasteiger partial charge in [-0.05, 0) is 73.2 Å². The van der Waals surface area contributed by atoms with Gasteiger partial charge >= 0.3 is 0 Å². The number of aromatic nitrogens is 7. The van der Waals surface area contributed by atoms with Crippen molar-refractivity contribution in [2.24, 2.45) is 0 Å². The van der Waals surface area contributed by atoms with Gasteiger partial charge in [-0.15, -0.1) is 0 Å². The van der Waals surface area contributed by atoms with E-state index in [1.165, 1.54) is 19.3 Å². The molecule has 0 atom stereocenters. The minimum absolute atomic E-state index is 0.285. The second-order valence-corrected chi connectivity index (χ2v) is 9.50. The fourth-order valence-electron chi connectivity index (χ4n) is 5.18. The number of nitrogens with one attached hydrogen (secondary N) is 2.